The van der Waals surface area contributed by atoms with Crippen molar-refractivity contribution in [3.63, 3.8) is 0 Å². The number of aromatic nitrogens is 1. The van der Waals surface area contributed by atoms with Crippen LogP contribution in [0, 0.1) is 0 Å². The molecule has 1 fully saturated rings. The van der Waals surface area contributed by atoms with Crippen molar-refractivity contribution in [2.75, 3.05) is 18.4 Å². The van der Waals surface area contributed by atoms with E-state index in [1.54, 1.807) is 0 Å². The first-order valence-electron chi connectivity index (χ1n) is 5.60. The van der Waals surface area contributed by atoms with E-state index in [4.69, 9.17) is 0 Å². The van der Waals surface area contributed by atoms with Crippen molar-refractivity contribution in [3.05, 3.63) is 23.9 Å². The molecular weight excluding hydrogens is 250 g/mol. The number of halogens is 4. The number of rotatable bonds is 3. The minimum Gasteiger partial charge on any atom is -0.369 e. The van der Waals surface area contributed by atoms with E-state index in [9.17, 15) is 17.6 Å². The molecule has 0 aromatic carbocycles. The quantitative estimate of drug-likeness (QED) is 0.821. The molecule has 0 bridgehead atoms. The number of alkyl halides is 4. The molecule has 0 spiro atoms. The Morgan fingerprint density at radius 3 is 2.67 bits per heavy atom. The lowest BCUT2D eigenvalue weighted by Crippen LogP contribution is -2.29. The Bertz CT molecular complexity index is 390. The molecule has 3 nitrogen and oxygen atoms in total. The second kappa shape index (κ2) is 5.09. The molecule has 18 heavy (non-hydrogen) atoms. The Morgan fingerprint density at radius 2 is 2.17 bits per heavy atom. The van der Waals surface area contributed by atoms with Crippen LogP contribution in [0.1, 0.15) is 12.0 Å². The first-order chi connectivity index (χ1) is 8.45. The summed E-state index contributed by atoms with van der Waals surface area (Å²) in [6.45, 7) is 0.769. The van der Waals surface area contributed by atoms with Crippen LogP contribution in [-0.2, 0) is 6.18 Å². The molecule has 1 saturated heterocycles. The Balaban J connectivity index is 1.87. The molecule has 100 valence electrons. The predicted octanol–water partition coefficient (Wildman–Crippen LogP) is 2.21. The highest BCUT2D eigenvalue weighted by Gasteiger charge is 2.30. The highest BCUT2D eigenvalue weighted by molar-refractivity contribution is 5.36. The molecule has 2 heterocycles. The maximum absolute atomic E-state index is 12.9. The molecule has 0 aliphatic carbocycles. The van der Waals surface area contributed by atoms with Crippen LogP contribution in [0.4, 0.5) is 23.4 Å². The van der Waals surface area contributed by atoms with Gasteiger partial charge in [0.05, 0.1) is 5.56 Å². The summed E-state index contributed by atoms with van der Waals surface area (Å²) in [6.07, 6.45) is -4.03. The van der Waals surface area contributed by atoms with Gasteiger partial charge in [0.2, 0.25) is 0 Å². The molecule has 2 atom stereocenters. The van der Waals surface area contributed by atoms with Gasteiger partial charge in [0, 0.05) is 25.3 Å². The van der Waals surface area contributed by atoms with Gasteiger partial charge in [-0.25, -0.2) is 9.37 Å². The zero-order valence-electron chi connectivity index (χ0n) is 9.47. The normalized spacial score (nSPS) is 24.2. The average Bonchev–Trinajstić information content (AvgIpc) is 2.72. The summed E-state index contributed by atoms with van der Waals surface area (Å²) >= 11 is 0. The summed E-state index contributed by atoms with van der Waals surface area (Å²) in [5.41, 5.74) is -0.782. The SMILES string of the molecule is FC1CNC(CNc2ccc(C(F)(F)F)cn2)C1. The third kappa shape index (κ3) is 3.32. The van der Waals surface area contributed by atoms with Crippen LogP contribution in [0.25, 0.3) is 0 Å². The second-order valence-electron chi connectivity index (χ2n) is 4.25. The Kier molecular flexibility index (Phi) is 3.70. The smallest absolute Gasteiger partial charge is 0.369 e. The molecule has 1 aromatic rings. The number of nitrogens with one attached hydrogen (secondary N) is 2. The van der Waals surface area contributed by atoms with Gasteiger partial charge in [-0.1, -0.05) is 0 Å². The summed E-state index contributed by atoms with van der Waals surface area (Å²) in [7, 11) is 0. The minimum absolute atomic E-state index is 0.0101. The number of pyridine rings is 1. The average molecular weight is 263 g/mol. The van der Waals surface area contributed by atoms with Crippen LogP contribution < -0.4 is 10.6 Å². The van der Waals surface area contributed by atoms with Crippen LogP contribution in [0.5, 0.6) is 0 Å². The molecule has 7 heteroatoms. The lowest BCUT2D eigenvalue weighted by Gasteiger charge is -2.12. The predicted molar refractivity (Wildman–Crippen MR) is 59.0 cm³/mol. The van der Waals surface area contributed by atoms with Crippen molar-refractivity contribution in [3.8, 4) is 0 Å². The summed E-state index contributed by atoms with van der Waals surface area (Å²) in [5, 5.41) is 5.85. The van der Waals surface area contributed by atoms with E-state index >= 15 is 0 Å². The fourth-order valence-electron chi connectivity index (χ4n) is 1.82. The van der Waals surface area contributed by atoms with E-state index in [0.29, 0.717) is 25.3 Å². The van der Waals surface area contributed by atoms with Gasteiger partial charge < -0.3 is 10.6 Å². The van der Waals surface area contributed by atoms with Crippen molar-refractivity contribution >= 4 is 5.82 Å². The number of hydrogen-bond donors (Lipinski definition) is 2. The molecule has 1 aliphatic rings. The fourth-order valence-corrected chi connectivity index (χ4v) is 1.82. The van der Waals surface area contributed by atoms with Gasteiger partial charge in [-0.3, -0.25) is 0 Å². The third-order valence-electron chi connectivity index (χ3n) is 2.79. The molecule has 2 rings (SSSR count). The highest BCUT2D eigenvalue weighted by Crippen LogP contribution is 2.28. The largest absolute Gasteiger partial charge is 0.417 e. The van der Waals surface area contributed by atoms with Crippen LogP contribution in [-0.4, -0.2) is 30.3 Å². The molecule has 1 aromatic heterocycles. The molecule has 2 N–H and O–H groups in total. The van der Waals surface area contributed by atoms with Crippen molar-refractivity contribution in [2.45, 2.75) is 24.8 Å². The zero-order chi connectivity index (χ0) is 13.2. The van der Waals surface area contributed by atoms with E-state index in [0.717, 1.165) is 12.3 Å². The topological polar surface area (TPSA) is 37.0 Å². The monoisotopic (exact) mass is 263 g/mol. The standard InChI is InChI=1S/C11H13F4N3/c12-8-3-9(16-5-8)6-18-10-2-1-7(4-17-10)11(13,14)15/h1-2,4,8-9,16H,3,5-6H2,(H,17,18). The summed E-state index contributed by atoms with van der Waals surface area (Å²) in [4.78, 5) is 3.67. The van der Waals surface area contributed by atoms with Gasteiger partial charge >= 0.3 is 6.18 Å². The lowest BCUT2D eigenvalue weighted by molar-refractivity contribution is -0.137. The summed E-state index contributed by atoms with van der Waals surface area (Å²) in [5.74, 6) is 0.354. The third-order valence-corrected chi connectivity index (χ3v) is 2.79. The molecule has 0 saturated carbocycles. The van der Waals surface area contributed by atoms with Crippen molar-refractivity contribution < 1.29 is 17.6 Å². The minimum atomic E-state index is -4.38. The Hall–Kier alpha value is -1.37. The van der Waals surface area contributed by atoms with Crippen LogP contribution in [0.2, 0.25) is 0 Å². The van der Waals surface area contributed by atoms with E-state index < -0.39 is 17.9 Å². The van der Waals surface area contributed by atoms with E-state index in [1.165, 1.54) is 6.07 Å². The lowest BCUT2D eigenvalue weighted by atomic mass is 10.2. The van der Waals surface area contributed by atoms with Crippen molar-refractivity contribution in [2.24, 2.45) is 0 Å². The maximum Gasteiger partial charge on any atom is 0.417 e. The maximum atomic E-state index is 12.9. The van der Waals surface area contributed by atoms with Gasteiger partial charge in [0.15, 0.2) is 0 Å². The Morgan fingerprint density at radius 1 is 1.39 bits per heavy atom. The van der Waals surface area contributed by atoms with Crippen LogP contribution >= 0.6 is 0 Å². The summed E-state index contributed by atoms with van der Waals surface area (Å²) < 4.78 is 49.7. The second-order valence-corrected chi connectivity index (χ2v) is 4.25. The number of nitrogens with zero attached hydrogens (tertiary/aromatic N) is 1. The van der Waals surface area contributed by atoms with E-state index in [1.807, 2.05) is 0 Å². The van der Waals surface area contributed by atoms with Gasteiger partial charge in [-0.05, 0) is 18.6 Å². The van der Waals surface area contributed by atoms with E-state index in [2.05, 4.69) is 15.6 Å². The zero-order valence-corrected chi connectivity index (χ0v) is 9.47. The van der Waals surface area contributed by atoms with Gasteiger partial charge in [-0.15, -0.1) is 0 Å². The fraction of sp³-hybridized carbons (Fsp3) is 0.545. The van der Waals surface area contributed by atoms with Crippen LogP contribution in [0.3, 0.4) is 0 Å². The molecule has 0 amide bonds. The molecule has 2 unspecified atom stereocenters. The molecule has 1 aliphatic heterocycles. The summed E-state index contributed by atoms with van der Waals surface area (Å²) in [6, 6.07) is 2.23. The first kappa shape index (κ1) is 13.1. The van der Waals surface area contributed by atoms with Crippen molar-refractivity contribution in [1.82, 2.24) is 10.3 Å². The van der Waals surface area contributed by atoms with Gasteiger partial charge in [0.1, 0.15) is 12.0 Å². The van der Waals surface area contributed by atoms with Crippen molar-refractivity contribution in [1.29, 1.82) is 0 Å². The molecular formula is C11H13F4N3. The van der Waals surface area contributed by atoms with Crippen LogP contribution in [0.15, 0.2) is 18.3 Å². The Labute approximate surface area is 102 Å². The highest BCUT2D eigenvalue weighted by atomic mass is 19.4. The van der Waals surface area contributed by atoms with Gasteiger partial charge in [0.25, 0.3) is 0 Å². The number of anilines is 1. The number of hydrogen-bond acceptors (Lipinski definition) is 3. The first-order valence-corrected chi connectivity index (χ1v) is 5.60. The van der Waals surface area contributed by atoms with Gasteiger partial charge in [-0.2, -0.15) is 13.2 Å². The molecule has 0 radical (unpaired) electrons. The van der Waals surface area contributed by atoms with E-state index in [-0.39, 0.29) is 6.04 Å².